The Labute approximate surface area is 257 Å². The zero-order valence-electron chi connectivity index (χ0n) is 26.0. The first-order valence-corrected chi connectivity index (χ1v) is 14.5. The first-order chi connectivity index (χ1) is 21.0. The predicted molar refractivity (Wildman–Crippen MR) is 167 cm³/mol. The first-order valence-electron chi connectivity index (χ1n) is 14.5. The van der Waals surface area contributed by atoms with E-state index in [0.717, 1.165) is 29.5 Å². The Morgan fingerprint density at radius 2 is 1.64 bits per heavy atom. The highest BCUT2D eigenvalue weighted by Crippen LogP contribution is 2.36. The lowest BCUT2D eigenvalue weighted by atomic mass is 10.1. The molecule has 10 nitrogen and oxygen atoms in total. The molecule has 1 aliphatic rings. The number of nitrogens with zero attached hydrogens (tertiary/aromatic N) is 3. The molecule has 1 fully saturated rings. The third-order valence-electron chi connectivity index (χ3n) is 7.00. The van der Waals surface area contributed by atoms with Gasteiger partial charge in [0.2, 0.25) is 11.8 Å². The maximum absolute atomic E-state index is 13.0. The number of methoxy groups -OCH3 is 2. The van der Waals surface area contributed by atoms with Crippen LogP contribution < -0.4 is 19.5 Å². The van der Waals surface area contributed by atoms with Crippen LogP contribution in [0.15, 0.2) is 60.9 Å². The molecule has 0 aliphatic heterocycles. The van der Waals surface area contributed by atoms with Crippen LogP contribution in [0, 0.1) is 6.92 Å². The molecular weight excluding hydrogens is 560 g/mol. The SMILES string of the molecule is COc1cc2ncnc(Oc3ccc(CC(=O)Nc4cc(C)cc(CN(C(=O)OC(C)(C)C)C5CC5)c4)cc3)c2cc1OC. The van der Waals surface area contributed by atoms with Crippen LogP contribution in [0.1, 0.15) is 50.3 Å². The van der Waals surface area contributed by atoms with Crippen molar-refractivity contribution in [2.45, 2.75) is 65.1 Å². The smallest absolute Gasteiger partial charge is 0.410 e. The van der Waals surface area contributed by atoms with Gasteiger partial charge < -0.3 is 29.2 Å². The number of amides is 2. The molecule has 10 heteroatoms. The molecule has 3 aromatic carbocycles. The number of carbonyl (C=O) groups excluding carboxylic acids is 2. The highest BCUT2D eigenvalue weighted by Gasteiger charge is 2.35. The lowest BCUT2D eigenvalue weighted by molar-refractivity contribution is -0.115. The van der Waals surface area contributed by atoms with Gasteiger partial charge in [-0.05, 0) is 87.6 Å². The van der Waals surface area contributed by atoms with Crippen molar-refractivity contribution in [2.24, 2.45) is 0 Å². The molecule has 0 spiro atoms. The topological polar surface area (TPSA) is 112 Å². The summed E-state index contributed by atoms with van der Waals surface area (Å²) in [7, 11) is 3.13. The molecule has 1 N–H and O–H groups in total. The molecule has 0 saturated heterocycles. The van der Waals surface area contributed by atoms with Gasteiger partial charge in [0.15, 0.2) is 11.5 Å². The Morgan fingerprint density at radius 3 is 2.30 bits per heavy atom. The number of aryl methyl sites for hydroxylation is 1. The summed E-state index contributed by atoms with van der Waals surface area (Å²) in [5, 5.41) is 3.69. The van der Waals surface area contributed by atoms with E-state index in [1.807, 2.05) is 58.0 Å². The standard InChI is InChI=1S/C34H38N4O6/c1-21-13-23(19-38(25-9-10-25)33(40)44-34(2,3)4)15-24(14-21)37-31(39)16-22-7-11-26(12-8-22)43-32-27-17-29(41-5)30(42-6)18-28(27)35-20-36-32/h7-8,11-15,17-18,20,25H,9-10,16,19H2,1-6H3,(H,37,39). The minimum atomic E-state index is -0.562. The summed E-state index contributed by atoms with van der Waals surface area (Å²) in [5.74, 6) is 1.91. The highest BCUT2D eigenvalue weighted by atomic mass is 16.6. The van der Waals surface area contributed by atoms with E-state index in [4.69, 9.17) is 18.9 Å². The van der Waals surface area contributed by atoms with Gasteiger partial charge in [0.05, 0.1) is 31.5 Å². The second kappa shape index (κ2) is 12.8. The largest absolute Gasteiger partial charge is 0.493 e. The number of anilines is 1. The van der Waals surface area contributed by atoms with Gasteiger partial charge in [0, 0.05) is 24.3 Å². The van der Waals surface area contributed by atoms with Crippen molar-refractivity contribution in [3.05, 3.63) is 77.6 Å². The van der Waals surface area contributed by atoms with Crippen LogP contribution in [-0.4, -0.2) is 52.7 Å². The second-order valence-electron chi connectivity index (χ2n) is 11.9. The number of hydrogen-bond acceptors (Lipinski definition) is 8. The van der Waals surface area contributed by atoms with Crippen LogP contribution in [-0.2, 0) is 22.5 Å². The van der Waals surface area contributed by atoms with Crippen molar-refractivity contribution >= 4 is 28.6 Å². The van der Waals surface area contributed by atoms with Crippen LogP contribution in [0.4, 0.5) is 10.5 Å². The zero-order chi connectivity index (χ0) is 31.4. The monoisotopic (exact) mass is 598 g/mol. The predicted octanol–water partition coefficient (Wildman–Crippen LogP) is 6.83. The summed E-state index contributed by atoms with van der Waals surface area (Å²) in [4.78, 5) is 36.2. The van der Waals surface area contributed by atoms with Crippen molar-refractivity contribution in [1.82, 2.24) is 14.9 Å². The number of hydrogen-bond donors (Lipinski definition) is 1. The molecule has 0 bridgehead atoms. The van der Waals surface area contributed by atoms with E-state index in [2.05, 4.69) is 15.3 Å². The molecule has 1 heterocycles. The molecule has 44 heavy (non-hydrogen) atoms. The molecule has 0 unspecified atom stereocenters. The van der Waals surface area contributed by atoms with Gasteiger partial charge >= 0.3 is 6.09 Å². The number of benzene rings is 3. The molecule has 1 aromatic heterocycles. The van der Waals surface area contributed by atoms with E-state index >= 15 is 0 Å². The molecule has 5 rings (SSSR count). The van der Waals surface area contributed by atoms with Crippen LogP contribution >= 0.6 is 0 Å². The van der Waals surface area contributed by atoms with E-state index in [1.54, 1.807) is 43.4 Å². The zero-order valence-corrected chi connectivity index (χ0v) is 26.0. The summed E-state index contributed by atoms with van der Waals surface area (Å²) in [6, 6.07) is 16.9. The fraction of sp³-hybridized carbons (Fsp3) is 0.353. The van der Waals surface area contributed by atoms with Gasteiger partial charge in [0.1, 0.15) is 17.7 Å². The average Bonchev–Trinajstić information content (AvgIpc) is 3.80. The van der Waals surface area contributed by atoms with Crippen molar-refractivity contribution < 1.29 is 28.5 Å². The number of fused-ring (bicyclic) bond motifs is 1. The number of rotatable bonds is 10. The van der Waals surface area contributed by atoms with Gasteiger partial charge in [-0.15, -0.1) is 0 Å². The second-order valence-corrected chi connectivity index (χ2v) is 11.9. The van der Waals surface area contributed by atoms with Gasteiger partial charge in [0.25, 0.3) is 0 Å². The Balaban J connectivity index is 1.23. The van der Waals surface area contributed by atoms with Crippen molar-refractivity contribution in [3.63, 3.8) is 0 Å². The molecule has 1 saturated carbocycles. The lowest BCUT2D eigenvalue weighted by Crippen LogP contribution is -2.37. The first kappa shape index (κ1) is 30.6. The fourth-order valence-corrected chi connectivity index (χ4v) is 4.89. The quantitative estimate of drug-likeness (QED) is 0.211. The summed E-state index contributed by atoms with van der Waals surface area (Å²) in [5.41, 5.74) is 3.54. The Bertz CT molecular complexity index is 1660. The summed E-state index contributed by atoms with van der Waals surface area (Å²) in [6.45, 7) is 8.00. The molecule has 0 radical (unpaired) electrons. The third-order valence-corrected chi connectivity index (χ3v) is 7.00. The van der Waals surface area contributed by atoms with E-state index < -0.39 is 5.60 Å². The van der Waals surface area contributed by atoms with Gasteiger partial charge in [-0.2, -0.15) is 0 Å². The molecule has 1 aliphatic carbocycles. The number of ether oxygens (including phenoxy) is 4. The highest BCUT2D eigenvalue weighted by molar-refractivity contribution is 5.92. The van der Waals surface area contributed by atoms with Crippen molar-refractivity contribution in [2.75, 3.05) is 19.5 Å². The summed E-state index contributed by atoms with van der Waals surface area (Å²) >= 11 is 0. The van der Waals surface area contributed by atoms with Crippen LogP contribution in [0.3, 0.4) is 0 Å². The van der Waals surface area contributed by atoms with Crippen LogP contribution in [0.5, 0.6) is 23.1 Å². The summed E-state index contributed by atoms with van der Waals surface area (Å²) < 4.78 is 22.5. The van der Waals surface area contributed by atoms with Gasteiger partial charge in [-0.1, -0.05) is 18.2 Å². The van der Waals surface area contributed by atoms with E-state index in [-0.39, 0.29) is 24.5 Å². The maximum atomic E-state index is 13.0. The van der Waals surface area contributed by atoms with Gasteiger partial charge in [-0.3, -0.25) is 4.79 Å². The molecular formula is C34H38N4O6. The van der Waals surface area contributed by atoms with Crippen LogP contribution in [0.2, 0.25) is 0 Å². The summed E-state index contributed by atoms with van der Waals surface area (Å²) in [6.07, 6.45) is 3.24. The van der Waals surface area contributed by atoms with E-state index in [1.165, 1.54) is 6.33 Å². The lowest BCUT2D eigenvalue weighted by Gasteiger charge is -2.27. The minimum Gasteiger partial charge on any atom is -0.493 e. The normalized spacial score (nSPS) is 12.9. The molecule has 230 valence electrons. The molecule has 4 aromatic rings. The number of aromatic nitrogens is 2. The average molecular weight is 599 g/mol. The minimum absolute atomic E-state index is 0.149. The van der Waals surface area contributed by atoms with Crippen molar-refractivity contribution in [3.8, 4) is 23.1 Å². The number of carbonyl (C=O) groups is 2. The fourth-order valence-electron chi connectivity index (χ4n) is 4.89. The number of nitrogens with one attached hydrogen (secondary N) is 1. The third kappa shape index (κ3) is 7.75. The molecule has 2 amide bonds. The van der Waals surface area contributed by atoms with Gasteiger partial charge in [-0.25, -0.2) is 14.8 Å². The Morgan fingerprint density at radius 1 is 0.932 bits per heavy atom. The van der Waals surface area contributed by atoms with E-state index in [0.29, 0.717) is 46.3 Å². The van der Waals surface area contributed by atoms with Crippen molar-refractivity contribution in [1.29, 1.82) is 0 Å². The Hall–Kier alpha value is -4.86. The van der Waals surface area contributed by atoms with E-state index in [9.17, 15) is 9.59 Å². The van der Waals surface area contributed by atoms with Crippen LogP contribution in [0.25, 0.3) is 10.9 Å². The maximum Gasteiger partial charge on any atom is 0.410 e. The Kier molecular flexibility index (Phi) is 8.89. The molecule has 0 atom stereocenters.